The van der Waals surface area contributed by atoms with E-state index in [2.05, 4.69) is 16.0 Å². The van der Waals surface area contributed by atoms with E-state index in [4.69, 9.17) is 4.42 Å². The fraction of sp³-hybridized carbons (Fsp3) is 0.500. The van der Waals surface area contributed by atoms with Crippen LogP contribution in [0.3, 0.4) is 0 Å². The smallest absolute Gasteiger partial charge is 0.287 e. The lowest BCUT2D eigenvalue weighted by Gasteiger charge is -2.09. The number of carbonyl (C=O) groups is 2. The first-order chi connectivity index (χ1) is 8.77. The van der Waals surface area contributed by atoms with E-state index in [1.807, 2.05) is 0 Å². The molecule has 2 amide bonds. The van der Waals surface area contributed by atoms with Gasteiger partial charge in [0, 0.05) is 19.6 Å². The van der Waals surface area contributed by atoms with Gasteiger partial charge in [0.25, 0.3) is 5.91 Å². The van der Waals surface area contributed by atoms with E-state index in [9.17, 15) is 9.59 Å². The second-order valence-corrected chi connectivity index (χ2v) is 4.21. The van der Waals surface area contributed by atoms with Crippen LogP contribution in [0.2, 0.25) is 0 Å². The van der Waals surface area contributed by atoms with Gasteiger partial charge < -0.3 is 20.4 Å². The normalized spacial score (nSPS) is 18.6. The molecule has 0 saturated carbocycles. The maximum atomic E-state index is 11.6. The van der Waals surface area contributed by atoms with Crippen molar-refractivity contribution in [3.05, 3.63) is 24.2 Å². The zero-order chi connectivity index (χ0) is 12.8. The third-order valence-corrected chi connectivity index (χ3v) is 2.89. The summed E-state index contributed by atoms with van der Waals surface area (Å²) in [7, 11) is 0. The first-order valence-corrected chi connectivity index (χ1v) is 6.07. The van der Waals surface area contributed by atoms with Crippen LogP contribution in [0.5, 0.6) is 0 Å². The molecule has 0 aliphatic carbocycles. The summed E-state index contributed by atoms with van der Waals surface area (Å²) in [4.78, 5) is 23.1. The van der Waals surface area contributed by atoms with Crippen molar-refractivity contribution >= 4 is 11.8 Å². The van der Waals surface area contributed by atoms with Gasteiger partial charge in [0.2, 0.25) is 5.91 Å². The molecular weight excluding hydrogens is 234 g/mol. The summed E-state index contributed by atoms with van der Waals surface area (Å²) in [5.41, 5.74) is 0. The van der Waals surface area contributed by atoms with Gasteiger partial charge in [0.05, 0.1) is 12.2 Å². The minimum absolute atomic E-state index is 0.0484. The Kier molecular flexibility index (Phi) is 4.35. The van der Waals surface area contributed by atoms with Crippen molar-refractivity contribution in [2.45, 2.75) is 6.42 Å². The van der Waals surface area contributed by atoms with Crippen LogP contribution in [-0.2, 0) is 4.79 Å². The Balaban J connectivity index is 1.61. The van der Waals surface area contributed by atoms with Crippen molar-refractivity contribution in [2.24, 2.45) is 5.92 Å². The summed E-state index contributed by atoms with van der Waals surface area (Å²) in [6.07, 6.45) is 2.33. The molecule has 1 fully saturated rings. The molecule has 98 valence electrons. The molecule has 6 nitrogen and oxygen atoms in total. The predicted molar refractivity (Wildman–Crippen MR) is 65.0 cm³/mol. The van der Waals surface area contributed by atoms with Gasteiger partial charge >= 0.3 is 0 Å². The van der Waals surface area contributed by atoms with Crippen LogP contribution in [0.15, 0.2) is 22.8 Å². The van der Waals surface area contributed by atoms with Gasteiger partial charge in [-0.05, 0) is 25.1 Å². The molecule has 1 saturated heterocycles. The maximum absolute atomic E-state index is 11.6. The number of furan rings is 1. The number of carbonyl (C=O) groups excluding carboxylic acids is 2. The fourth-order valence-corrected chi connectivity index (χ4v) is 1.88. The Morgan fingerprint density at radius 2 is 2.22 bits per heavy atom. The lowest BCUT2D eigenvalue weighted by Crippen LogP contribution is -2.38. The number of rotatable bonds is 5. The minimum atomic E-state index is -0.267. The third-order valence-electron chi connectivity index (χ3n) is 2.89. The van der Waals surface area contributed by atoms with Crippen LogP contribution in [-0.4, -0.2) is 38.0 Å². The lowest BCUT2D eigenvalue weighted by atomic mass is 10.1. The van der Waals surface area contributed by atoms with Crippen LogP contribution in [0, 0.1) is 5.92 Å². The number of nitrogens with one attached hydrogen (secondary N) is 3. The molecule has 0 radical (unpaired) electrons. The molecule has 18 heavy (non-hydrogen) atoms. The second-order valence-electron chi connectivity index (χ2n) is 4.21. The summed E-state index contributed by atoms with van der Waals surface area (Å²) in [5.74, 6) is 0.121. The van der Waals surface area contributed by atoms with Gasteiger partial charge in [0.1, 0.15) is 0 Å². The van der Waals surface area contributed by atoms with Crippen molar-refractivity contribution in [3.8, 4) is 0 Å². The number of hydrogen-bond donors (Lipinski definition) is 3. The number of amides is 2. The number of hydrogen-bond acceptors (Lipinski definition) is 4. The Bertz CT molecular complexity index is 397. The molecule has 1 aromatic heterocycles. The van der Waals surface area contributed by atoms with E-state index in [1.54, 1.807) is 12.1 Å². The van der Waals surface area contributed by atoms with Crippen LogP contribution < -0.4 is 16.0 Å². The van der Waals surface area contributed by atoms with Gasteiger partial charge in [-0.3, -0.25) is 9.59 Å². The van der Waals surface area contributed by atoms with Crippen LogP contribution >= 0.6 is 0 Å². The molecule has 1 aliphatic rings. The highest BCUT2D eigenvalue weighted by Crippen LogP contribution is 2.06. The quantitative estimate of drug-likeness (QED) is 0.629. The first-order valence-electron chi connectivity index (χ1n) is 6.07. The molecular formula is C12H17N3O3. The summed E-state index contributed by atoms with van der Waals surface area (Å²) in [6, 6.07) is 3.25. The Morgan fingerprint density at radius 1 is 1.39 bits per heavy atom. The topological polar surface area (TPSA) is 83.4 Å². The molecule has 1 aromatic rings. The van der Waals surface area contributed by atoms with E-state index in [0.717, 1.165) is 19.5 Å². The predicted octanol–water partition coefficient (Wildman–Crippen LogP) is -0.265. The van der Waals surface area contributed by atoms with Crippen LogP contribution in [0.4, 0.5) is 0 Å². The molecule has 1 aliphatic heterocycles. The molecule has 1 atom stereocenters. The van der Waals surface area contributed by atoms with E-state index in [1.165, 1.54) is 6.26 Å². The fourth-order valence-electron chi connectivity index (χ4n) is 1.88. The van der Waals surface area contributed by atoms with Gasteiger partial charge in [-0.15, -0.1) is 0 Å². The van der Waals surface area contributed by atoms with E-state index in [-0.39, 0.29) is 23.5 Å². The molecule has 6 heteroatoms. The van der Waals surface area contributed by atoms with Gasteiger partial charge in [-0.1, -0.05) is 0 Å². The monoisotopic (exact) mass is 251 g/mol. The van der Waals surface area contributed by atoms with E-state index < -0.39 is 0 Å². The Labute approximate surface area is 105 Å². The van der Waals surface area contributed by atoms with Crippen LogP contribution in [0.1, 0.15) is 17.0 Å². The molecule has 2 rings (SSSR count). The van der Waals surface area contributed by atoms with Gasteiger partial charge in [0.15, 0.2) is 5.76 Å². The SMILES string of the molecule is O=C(NCCNC(=O)C1CCNC1)c1ccco1. The average Bonchev–Trinajstić information content (AvgIpc) is 3.05. The van der Waals surface area contributed by atoms with E-state index in [0.29, 0.717) is 13.1 Å². The van der Waals surface area contributed by atoms with Gasteiger partial charge in [-0.25, -0.2) is 0 Å². The van der Waals surface area contributed by atoms with Gasteiger partial charge in [-0.2, -0.15) is 0 Å². The van der Waals surface area contributed by atoms with Crippen molar-refractivity contribution in [1.82, 2.24) is 16.0 Å². The largest absolute Gasteiger partial charge is 0.459 e. The molecule has 0 bridgehead atoms. The highest BCUT2D eigenvalue weighted by atomic mass is 16.3. The van der Waals surface area contributed by atoms with Crippen molar-refractivity contribution in [2.75, 3.05) is 26.2 Å². The zero-order valence-corrected chi connectivity index (χ0v) is 10.1. The Morgan fingerprint density at radius 3 is 2.89 bits per heavy atom. The minimum Gasteiger partial charge on any atom is -0.459 e. The summed E-state index contributed by atoms with van der Waals surface area (Å²) in [5, 5.41) is 8.61. The molecule has 0 spiro atoms. The Hall–Kier alpha value is -1.82. The summed E-state index contributed by atoms with van der Waals surface area (Å²) >= 11 is 0. The molecule has 0 aromatic carbocycles. The highest BCUT2D eigenvalue weighted by molar-refractivity contribution is 5.91. The maximum Gasteiger partial charge on any atom is 0.287 e. The third kappa shape index (κ3) is 3.33. The average molecular weight is 251 g/mol. The lowest BCUT2D eigenvalue weighted by molar-refractivity contribution is -0.124. The zero-order valence-electron chi connectivity index (χ0n) is 10.1. The van der Waals surface area contributed by atoms with E-state index >= 15 is 0 Å². The van der Waals surface area contributed by atoms with Crippen molar-refractivity contribution in [3.63, 3.8) is 0 Å². The molecule has 2 heterocycles. The summed E-state index contributed by atoms with van der Waals surface area (Å²) in [6.45, 7) is 2.46. The van der Waals surface area contributed by atoms with Crippen molar-refractivity contribution < 1.29 is 14.0 Å². The van der Waals surface area contributed by atoms with Crippen LogP contribution in [0.25, 0.3) is 0 Å². The first kappa shape index (κ1) is 12.6. The van der Waals surface area contributed by atoms with Crippen molar-refractivity contribution in [1.29, 1.82) is 0 Å². The highest BCUT2D eigenvalue weighted by Gasteiger charge is 2.21. The molecule has 1 unspecified atom stereocenters. The summed E-state index contributed by atoms with van der Waals surface area (Å²) < 4.78 is 4.95. The molecule has 3 N–H and O–H groups in total. The standard InChI is InChI=1S/C12H17N3O3/c16-11(9-3-4-13-8-9)14-5-6-15-12(17)10-2-1-7-18-10/h1-2,7,9,13H,3-6,8H2,(H,14,16)(H,15,17). The second kappa shape index (κ2) is 6.20.